The van der Waals surface area contributed by atoms with E-state index in [2.05, 4.69) is 6.92 Å². The highest BCUT2D eigenvalue weighted by atomic mass is 16.5. The Labute approximate surface area is 142 Å². The molecule has 0 atom stereocenters. The smallest absolute Gasteiger partial charge is 0.168 e. The summed E-state index contributed by atoms with van der Waals surface area (Å²) in [6.07, 6.45) is 2.49. The molecule has 0 bridgehead atoms. The molecule has 5 heteroatoms. The van der Waals surface area contributed by atoms with Gasteiger partial charge in [0.05, 0.1) is 21.3 Å². The number of phenolic OH excluding ortho intramolecular Hbond substituents is 1. The number of hydrogen-bond acceptors (Lipinski definition) is 5. The second-order valence-electron chi connectivity index (χ2n) is 5.85. The molecule has 0 saturated heterocycles. The summed E-state index contributed by atoms with van der Waals surface area (Å²) in [5.74, 6) is 1.73. The summed E-state index contributed by atoms with van der Waals surface area (Å²) in [6, 6.07) is 3.69. The third kappa shape index (κ3) is 2.23. The van der Waals surface area contributed by atoms with Gasteiger partial charge in [-0.05, 0) is 42.0 Å². The number of methoxy groups -OCH3 is 3. The standard InChI is InChI=1S/C19H23NO4/c1-5-10-8-15(23-3)19(24-4)17-11(10)6-7-12-13(20)9-14(22-2)18(21)16(12)17/h8-9,21H,5-7,20H2,1-4H3. The van der Waals surface area contributed by atoms with Crippen molar-refractivity contribution in [2.45, 2.75) is 26.2 Å². The number of benzene rings is 2. The van der Waals surface area contributed by atoms with E-state index in [0.717, 1.165) is 30.4 Å². The molecule has 24 heavy (non-hydrogen) atoms. The number of aromatic hydroxyl groups is 1. The number of hydrogen-bond donors (Lipinski definition) is 2. The number of ether oxygens (including phenoxy) is 3. The van der Waals surface area contributed by atoms with Crippen LogP contribution in [0, 0.1) is 0 Å². The molecule has 0 fully saturated rings. The minimum absolute atomic E-state index is 0.0938. The average molecular weight is 329 g/mol. The van der Waals surface area contributed by atoms with Gasteiger partial charge in [-0.2, -0.15) is 0 Å². The second kappa shape index (κ2) is 6.15. The fourth-order valence-electron chi connectivity index (χ4n) is 3.60. The van der Waals surface area contributed by atoms with Gasteiger partial charge in [0.2, 0.25) is 0 Å². The largest absolute Gasteiger partial charge is 0.504 e. The first-order valence-electron chi connectivity index (χ1n) is 8.02. The van der Waals surface area contributed by atoms with Crippen molar-refractivity contribution in [1.29, 1.82) is 0 Å². The lowest BCUT2D eigenvalue weighted by molar-refractivity contribution is 0.354. The number of rotatable bonds is 4. The summed E-state index contributed by atoms with van der Waals surface area (Å²) in [6.45, 7) is 2.11. The normalized spacial score (nSPS) is 12.3. The third-order valence-electron chi connectivity index (χ3n) is 4.75. The summed E-state index contributed by atoms with van der Waals surface area (Å²) in [5.41, 5.74) is 11.7. The number of nitrogen functional groups attached to an aromatic ring is 1. The molecule has 3 rings (SSSR count). The van der Waals surface area contributed by atoms with Gasteiger partial charge < -0.3 is 25.1 Å². The maximum atomic E-state index is 10.8. The van der Waals surface area contributed by atoms with E-state index in [1.807, 2.05) is 6.07 Å². The van der Waals surface area contributed by atoms with Crippen LogP contribution in [0.5, 0.6) is 23.0 Å². The molecule has 0 radical (unpaired) electrons. The summed E-state index contributed by atoms with van der Waals surface area (Å²) in [4.78, 5) is 0. The molecule has 5 nitrogen and oxygen atoms in total. The molecule has 0 aliphatic heterocycles. The van der Waals surface area contributed by atoms with Crippen LogP contribution in [0.15, 0.2) is 12.1 Å². The quantitative estimate of drug-likeness (QED) is 0.665. The van der Waals surface area contributed by atoms with Crippen molar-refractivity contribution in [1.82, 2.24) is 0 Å². The van der Waals surface area contributed by atoms with E-state index in [0.29, 0.717) is 28.5 Å². The molecule has 0 unspecified atom stereocenters. The Morgan fingerprint density at radius 3 is 2.21 bits per heavy atom. The minimum Gasteiger partial charge on any atom is -0.504 e. The number of fused-ring (bicyclic) bond motifs is 3. The first kappa shape index (κ1) is 16.3. The lowest BCUT2D eigenvalue weighted by Gasteiger charge is -2.28. The Morgan fingerprint density at radius 2 is 1.62 bits per heavy atom. The predicted octanol–water partition coefficient (Wildman–Crippen LogP) is 3.33. The van der Waals surface area contributed by atoms with E-state index >= 15 is 0 Å². The Morgan fingerprint density at radius 1 is 0.958 bits per heavy atom. The number of anilines is 1. The van der Waals surface area contributed by atoms with Crippen molar-refractivity contribution in [3.8, 4) is 34.1 Å². The van der Waals surface area contributed by atoms with Gasteiger partial charge >= 0.3 is 0 Å². The highest BCUT2D eigenvalue weighted by molar-refractivity contribution is 5.90. The molecular weight excluding hydrogens is 306 g/mol. The van der Waals surface area contributed by atoms with Crippen molar-refractivity contribution in [3.63, 3.8) is 0 Å². The number of phenols is 1. The zero-order valence-electron chi connectivity index (χ0n) is 14.5. The van der Waals surface area contributed by atoms with Crippen LogP contribution in [-0.2, 0) is 19.3 Å². The van der Waals surface area contributed by atoms with Crippen LogP contribution >= 0.6 is 0 Å². The van der Waals surface area contributed by atoms with Crippen molar-refractivity contribution >= 4 is 5.69 Å². The molecule has 2 aromatic carbocycles. The van der Waals surface area contributed by atoms with Gasteiger partial charge in [-0.25, -0.2) is 0 Å². The Balaban J connectivity index is 2.45. The number of nitrogens with two attached hydrogens (primary N) is 1. The van der Waals surface area contributed by atoms with Crippen molar-refractivity contribution in [2.24, 2.45) is 0 Å². The topological polar surface area (TPSA) is 73.9 Å². The van der Waals surface area contributed by atoms with Gasteiger partial charge in [-0.15, -0.1) is 0 Å². The SMILES string of the molecule is CCc1cc(OC)c(OC)c2c1CCc1c(N)cc(OC)c(O)c1-2. The van der Waals surface area contributed by atoms with E-state index < -0.39 is 0 Å². The Bertz CT molecular complexity index is 777. The molecule has 0 heterocycles. The summed E-state index contributed by atoms with van der Waals surface area (Å²) >= 11 is 0. The zero-order valence-corrected chi connectivity index (χ0v) is 14.5. The highest BCUT2D eigenvalue weighted by Crippen LogP contribution is 2.53. The van der Waals surface area contributed by atoms with Gasteiger partial charge in [-0.3, -0.25) is 0 Å². The maximum Gasteiger partial charge on any atom is 0.168 e. The fraction of sp³-hybridized carbons (Fsp3) is 0.368. The predicted molar refractivity (Wildman–Crippen MR) is 94.4 cm³/mol. The van der Waals surface area contributed by atoms with Crippen molar-refractivity contribution < 1.29 is 19.3 Å². The van der Waals surface area contributed by atoms with Gasteiger partial charge in [0.1, 0.15) is 0 Å². The van der Waals surface area contributed by atoms with E-state index in [1.165, 1.54) is 18.2 Å². The van der Waals surface area contributed by atoms with Crippen LogP contribution in [0.4, 0.5) is 5.69 Å². The van der Waals surface area contributed by atoms with Crippen LogP contribution in [0.25, 0.3) is 11.1 Å². The lowest BCUT2D eigenvalue weighted by atomic mass is 9.80. The summed E-state index contributed by atoms with van der Waals surface area (Å²) < 4.78 is 16.5. The van der Waals surface area contributed by atoms with Crippen LogP contribution in [0.1, 0.15) is 23.6 Å². The third-order valence-corrected chi connectivity index (χ3v) is 4.75. The molecule has 1 aliphatic rings. The monoisotopic (exact) mass is 329 g/mol. The second-order valence-corrected chi connectivity index (χ2v) is 5.85. The van der Waals surface area contributed by atoms with Crippen molar-refractivity contribution in [3.05, 3.63) is 28.8 Å². The van der Waals surface area contributed by atoms with E-state index in [-0.39, 0.29) is 5.75 Å². The van der Waals surface area contributed by atoms with E-state index in [9.17, 15) is 5.11 Å². The first-order chi connectivity index (χ1) is 11.6. The van der Waals surface area contributed by atoms with Crippen molar-refractivity contribution in [2.75, 3.05) is 27.1 Å². The van der Waals surface area contributed by atoms with E-state index in [1.54, 1.807) is 20.3 Å². The molecule has 0 amide bonds. The molecule has 1 aliphatic carbocycles. The van der Waals surface area contributed by atoms with Crippen LogP contribution in [0.2, 0.25) is 0 Å². The summed E-state index contributed by atoms with van der Waals surface area (Å²) in [5, 5.41) is 10.8. The van der Waals surface area contributed by atoms with Gasteiger partial charge in [0.25, 0.3) is 0 Å². The molecule has 2 aromatic rings. The maximum absolute atomic E-state index is 10.8. The van der Waals surface area contributed by atoms with Crippen LogP contribution in [-0.4, -0.2) is 26.4 Å². The van der Waals surface area contributed by atoms with E-state index in [4.69, 9.17) is 19.9 Å². The Kier molecular flexibility index (Phi) is 4.18. The molecule has 0 aromatic heterocycles. The molecule has 3 N–H and O–H groups in total. The summed E-state index contributed by atoms with van der Waals surface area (Å²) in [7, 11) is 4.75. The molecule has 0 saturated carbocycles. The first-order valence-corrected chi connectivity index (χ1v) is 8.02. The molecule has 128 valence electrons. The van der Waals surface area contributed by atoms with Crippen LogP contribution in [0.3, 0.4) is 0 Å². The highest BCUT2D eigenvalue weighted by Gasteiger charge is 2.30. The molecule has 0 spiro atoms. The molecular formula is C19H23NO4. The van der Waals surface area contributed by atoms with Gasteiger partial charge in [-0.1, -0.05) is 6.92 Å². The van der Waals surface area contributed by atoms with Gasteiger partial charge in [0, 0.05) is 22.9 Å². The fourth-order valence-corrected chi connectivity index (χ4v) is 3.60. The number of aryl methyl sites for hydroxylation is 1. The average Bonchev–Trinajstić information content (AvgIpc) is 2.62. The van der Waals surface area contributed by atoms with Gasteiger partial charge in [0.15, 0.2) is 23.0 Å². The lowest BCUT2D eigenvalue weighted by Crippen LogP contribution is -2.12. The Hall–Kier alpha value is -2.56. The van der Waals surface area contributed by atoms with Crippen LogP contribution < -0.4 is 19.9 Å². The minimum atomic E-state index is 0.0938. The zero-order chi connectivity index (χ0) is 17.4.